The van der Waals surface area contributed by atoms with E-state index in [2.05, 4.69) is 5.32 Å². The van der Waals surface area contributed by atoms with Gasteiger partial charge >= 0.3 is 0 Å². The van der Waals surface area contributed by atoms with Crippen LogP contribution >= 0.6 is 11.6 Å². The first-order chi connectivity index (χ1) is 9.41. The molecule has 0 aliphatic heterocycles. The molecule has 3 nitrogen and oxygen atoms in total. The summed E-state index contributed by atoms with van der Waals surface area (Å²) in [6.07, 6.45) is 0. The van der Waals surface area contributed by atoms with Crippen LogP contribution in [0.3, 0.4) is 0 Å². The summed E-state index contributed by atoms with van der Waals surface area (Å²) in [6.45, 7) is 1.59. The van der Waals surface area contributed by atoms with Crippen LogP contribution in [0.1, 0.15) is 12.5 Å². The maximum Gasteiger partial charge on any atom is 0.248 e. The number of carbonyl (C=O) groups excluding carboxylic acids is 1. The average molecular weight is 293 g/mol. The van der Waals surface area contributed by atoms with Gasteiger partial charge in [0.05, 0.1) is 10.7 Å². The first-order valence-electron chi connectivity index (χ1n) is 6.02. The van der Waals surface area contributed by atoms with Gasteiger partial charge in [0, 0.05) is 0 Å². The smallest absolute Gasteiger partial charge is 0.248 e. The lowest BCUT2D eigenvalue weighted by atomic mass is 9.92. The molecule has 20 heavy (non-hydrogen) atoms. The largest absolute Gasteiger partial charge is 0.323 e. The highest BCUT2D eigenvalue weighted by Crippen LogP contribution is 2.25. The van der Waals surface area contributed by atoms with Crippen LogP contribution in [-0.2, 0) is 10.3 Å². The maximum absolute atomic E-state index is 13.2. The van der Waals surface area contributed by atoms with Crippen molar-refractivity contribution in [3.8, 4) is 0 Å². The van der Waals surface area contributed by atoms with Crippen molar-refractivity contribution in [3.63, 3.8) is 0 Å². The molecule has 0 saturated heterocycles. The Morgan fingerprint density at radius 2 is 1.90 bits per heavy atom. The van der Waals surface area contributed by atoms with Gasteiger partial charge in [-0.25, -0.2) is 4.39 Å². The molecule has 0 heterocycles. The zero-order valence-corrected chi connectivity index (χ0v) is 11.6. The number of rotatable bonds is 3. The van der Waals surface area contributed by atoms with E-state index in [1.807, 2.05) is 6.07 Å². The van der Waals surface area contributed by atoms with Gasteiger partial charge in [-0.15, -0.1) is 0 Å². The van der Waals surface area contributed by atoms with E-state index in [9.17, 15) is 9.18 Å². The zero-order chi connectivity index (χ0) is 14.8. The molecule has 0 bridgehead atoms. The van der Waals surface area contributed by atoms with Crippen molar-refractivity contribution >= 4 is 23.2 Å². The third-order valence-electron chi connectivity index (χ3n) is 3.02. The van der Waals surface area contributed by atoms with Crippen molar-refractivity contribution in [1.82, 2.24) is 0 Å². The average Bonchev–Trinajstić information content (AvgIpc) is 2.43. The molecule has 5 heteroatoms. The quantitative estimate of drug-likeness (QED) is 0.912. The van der Waals surface area contributed by atoms with Crippen LogP contribution in [-0.4, -0.2) is 5.91 Å². The SMILES string of the molecule is CC(N)(C(=O)Nc1cc(F)ccc1Cl)c1ccccc1. The Labute approximate surface area is 121 Å². The molecule has 3 N–H and O–H groups in total. The predicted octanol–water partition coefficient (Wildman–Crippen LogP) is 3.29. The van der Waals surface area contributed by atoms with E-state index in [-0.39, 0.29) is 10.7 Å². The summed E-state index contributed by atoms with van der Waals surface area (Å²) < 4.78 is 13.2. The lowest BCUT2D eigenvalue weighted by molar-refractivity contribution is -0.120. The number of carbonyl (C=O) groups is 1. The van der Waals surface area contributed by atoms with Gasteiger partial charge in [0.15, 0.2) is 0 Å². The zero-order valence-electron chi connectivity index (χ0n) is 10.9. The highest BCUT2D eigenvalue weighted by atomic mass is 35.5. The van der Waals surface area contributed by atoms with E-state index in [0.29, 0.717) is 5.56 Å². The number of hydrogen-bond acceptors (Lipinski definition) is 2. The minimum Gasteiger partial charge on any atom is -0.323 e. The molecule has 0 fully saturated rings. The second-order valence-corrected chi connectivity index (χ2v) is 5.05. The van der Waals surface area contributed by atoms with Gasteiger partial charge in [-0.3, -0.25) is 4.79 Å². The first-order valence-corrected chi connectivity index (χ1v) is 6.40. The number of amides is 1. The van der Waals surface area contributed by atoms with Gasteiger partial charge in [-0.2, -0.15) is 0 Å². The maximum atomic E-state index is 13.2. The Kier molecular flexibility index (Phi) is 4.06. The highest BCUT2D eigenvalue weighted by molar-refractivity contribution is 6.33. The molecule has 0 aliphatic rings. The summed E-state index contributed by atoms with van der Waals surface area (Å²) in [5.41, 5.74) is 5.69. The Balaban J connectivity index is 2.26. The molecule has 104 valence electrons. The van der Waals surface area contributed by atoms with E-state index in [4.69, 9.17) is 17.3 Å². The van der Waals surface area contributed by atoms with Crippen molar-refractivity contribution < 1.29 is 9.18 Å². The number of benzene rings is 2. The fraction of sp³-hybridized carbons (Fsp3) is 0.133. The van der Waals surface area contributed by atoms with Gasteiger partial charge in [0.25, 0.3) is 0 Å². The number of nitrogens with one attached hydrogen (secondary N) is 1. The molecular formula is C15H14ClFN2O. The van der Waals surface area contributed by atoms with Gasteiger partial charge in [0.1, 0.15) is 11.4 Å². The molecule has 0 saturated carbocycles. The van der Waals surface area contributed by atoms with Crippen molar-refractivity contribution in [2.75, 3.05) is 5.32 Å². The van der Waals surface area contributed by atoms with Gasteiger partial charge in [-0.05, 0) is 30.7 Å². The molecule has 0 radical (unpaired) electrons. The highest BCUT2D eigenvalue weighted by Gasteiger charge is 2.30. The molecular weight excluding hydrogens is 279 g/mol. The predicted molar refractivity (Wildman–Crippen MR) is 78.0 cm³/mol. The molecule has 1 atom stereocenters. The van der Waals surface area contributed by atoms with Crippen molar-refractivity contribution in [1.29, 1.82) is 0 Å². The Hall–Kier alpha value is -1.91. The lowest BCUT2D eigenvalue weighted by Gasteiger charge is -2.24. The topological polar surface area (TPSA) is 55.1 Å². The molecule has 2 rings (SSSR count). The van der Waals surface area contributed by atoms with Gasteiger partial charge in [-0.1, -0.05) is 41.9 Å². The minimum atomic E-state index is -1.24. The second kappa shape index (κ2) is 5.61. The Morgan fingerprint density at radius 1 is 1.25 bits per heavy atom. The third kappa shape index (κ3) is 2.98. The molecule has 0 aliphatic carbocycles. The van der Waals surface area contributed by atoms with Crippen LogP contribution in [0.25, 0.3) is 0 Å². The standard InChI is InChI=1S/C15H14ClFN2O/c1-15(18,10-5-3-2-4-6-10)14(20)19-13-9-11(17)7-8-12(13)16/h2-9H,18H2,1H3,(H,19,20). The summed E-state index contributed by atoms with van der Waals surface area (Å²) in [6, 6.07) is 12.7. The second-order valence-electron chi connectivity index (χ2n) is 4.65. The number of hydrogen-bond donors (Lipinski definition) is 2. The van der Waals surface area contributed by atoms with Crippen LogP contribution in [0.15, 0.2) is 48.5 Å². The molecule has 0 spiro atoms. The van der Waals surface area contributed by atoms with Crippen LogP contribution in [0.4, 0.5) is 10.1 Å². The van der Waals surface area contributed by atoms with Crippen molar-refractivity contribution in [2.24, 2.45) is 5.73 Å². The monoisotopic (exact) mass is 292 g/mol. The summed E-state index contributed by atoms with van der Waals surface area (Å²) in [4.78, 5) is 12.3. The minimum absolute atomic E-state index is 0.198. The Bertz CT molecular complexity index is 629. The van der Waals surface area contributed by atoms with Gasteiger partial charge < -0.3 is 11.1 Å². The van der Waals surface area contributed by atoms with E-state index >= 15 is 0 Å². The molecule has 2 aromatic carbocycles. The van der Waals surface area contributed by atoms with E-state index in [1.54, 1.807) is 31.2 Å². The van der Waals surface area contributed by atoms with Crippen LogP contribution in [0, 0.1) is 5.82 Å². The van der Waals surface area contributed by atoms with E-state index in [0.717, 1.165) is 6.07 Å². The number of halogens is 2. The van der Waals surface area contributed by atoms with Crippen molar-refractivity contribution in [3.05, 3.63) is 64.9 Å². The fourth-order valence-electron chi connectivity index (χ4n) is 1.76. The van der Waals surface area contributed by atoms with Crippen LogP contribution < -0.4 is 11.1 Å². The summed E-state index contributed by atoms with van der Waals surface area (Å²) in [5.74, 6) is -0.945. The summed E-state index contributed by atoms with van der Waals surface area (Å²) in [7, 11) is 0. The van der Waals surface area contributed by atoms with Crippen molar-refractivity contribution in [2.45, 2.75) is 12.5 Å². The number of nitrogens with two attached hydrogens (primary N) is 1. The van der Waals surface area contributed by atoms with Crippen LogP contribution in [0.2, 0.25) is 5.02 Å². The van der Waals surface area contributed by atoms with Crippen LogP contribution in [0.5, 0.6) is 0 Å². The third-order valence-corrected chi connectivity index (χ3v) is 3.35. The number of anilines is 1. The molecule has 1 amide bonds. The normalized spacial score (nSPS) is 13.6. The molecule has 1 unspecified atom stereocenters. The molecule has 2 aromatic rings. The van der Waals surface area contributed by atoms with E-state index in [1.165, 1.54) is 12.1 Å². The van der Waals surface area contributed by atoms with Gasteiger partial charge in [0.2, 0.25) is 5.91 Å². The fourth-order valence-corrected chi connectivity index (χ4v) is 1.93. The Morgan fingerprint density at radius 3 is 2.55 bits per heavy atom. The molecule has 0 aromatic heterocycles. The lowest BCUT2D eigenvalue weighted by Crippen LogP contribution is -2.45. The van der Waals surface area contributed by atoms with E-state index < -0.39 is 17.3 Å². The summed E-state index contributed by atoms with van der Waals surface area (Å²) >= 11 is 5.91. The summed E-state index contributed by atoms with van der Waals surface area (Å²) in [5, 5.41) is 2.81. The first kappa shape index (κ1) is 14.5.